The van der Waals surface area contributed by atoms with Gasteiger partial charge in [-0.05, 0) is 18.6 Å². The maximum absolute atomic E-state index is 11.1. The summed E-state index contributed by atoms with van der Waals surface area (Å²) in [6.45, 7) is 2.82. The van der Waals surface area contributed by atoms with Gasteiger partial charge in [0.15, 0.2) is 0 Å². The van der Waals surface area contributed by atoms with E-state index in [1.165, 1.54) is 19.2 Å². The van der Waals surface area contributed by atoms with Gasteiger partial charge in [0.2, 0.25) is 5.91 Å². The second-order valence-electron chi connectivity index (χ2n) is 5.04. The Morgan fingerprint density at radius 1 is 1.36 bits per heavy atom. The molecule has 1 N–H and O–H groups in total. The SMILES string of the molecule is CC(=O)NCCCN(C)c1ccc([N+](=O)[O-])c2cnccc12. The summed E-state index contributed by atoms with van der Waals surface area (Å²) in [7, 11) is 1.93. The lowest BCUT2D eigenvalue weighted by Crippen LogP contribution is -2.26. The largest absolute Gasteiger partial charge is 0.374 e. The monoisotopic (exact) mass is 302 g/mol. The molecule has 0 spiro atoms. The number of benzene rings is 1. The van der Waals surface area contributed by atoms with Crippen molar-refractivity contribution in [3.63, 3.8) is 0 Å². The zero-order valence-electron chi connectivity index (χ0n) is 12.6. The van der Waals surface area contributed by atoms with E-state index < -0.39 is 4.92 Å². The maximum Gasteiger partial charge on any atom is 0.278 e. The summed E-state index contributed by atoms with van der Waals surface area (Å²) in [4.78, 5) is 27.5. The standard InChI is InChI=1S/C15H18N4O3/c1-11(20)17-7-3-9-18(2)14-4-5-15(19(21)22)13-10-16-8-6-12(13)14/h4-6,8,10H,3,7,9H2,1-2H3,(H,17,20). The van der Waals surface area contributed by atoms with E-state index in [1.54, 1.807) is 18.3 Å². The molecule has 1 amide bonds. The molecule has 7 nitrogen and oxygen atoms in total. The Bertz CT molecular complexity index is 702. The van der Waals surface area contributed by atoms with Gasteiger partial charge in [-0.25, -0.2) is 0 Å². The summed E-state index contributed by atoms with van der Waals surface area (Å²) in [6.07, 6.45) is 3.93. The molecular formula is C15H18N4O3. The number of pyridine rings is 1. The molecule has 1 aromatic carbocycles. The molecule has 0 atom stereocenters. The van der Waals surface area contributed by atoms with Crippen molar-refractivity contribution in [2.45, 2.75) is 13.3 Å². The van der Waals surface area contributed by atoms with Gasteiger partial charge in [-0.1, -0.05) is 0 Å². The Hall–Kier alpha value is -2.70. The summed E-state index contributed by atoms with van der Waals surface area (Å²) >= 11 is 0. The number of hydrogen-bond acceptors (Lipinski definition) is 5. The number of nitro benzene ring substituents is 1. The quantitative estimate of drug-likeness (QED) is 0.501. The Morgan fingerprint density at radius 2 is 2.14 bits per heavy atom. The third-order valence-corrected chi connectivity index (χ3v) is 3.42. The van der Waals surface area contributed by atoms with Crippen molar-refractivity contribution < 1.29 is 9.72 Å². The smallest absolute Gasteiger partial charge is 0.278 e. The van der Waals surface area contributed by atoms with Crippen LogP contribution in [0.5, 0.6) is 0 Å². The Labute approximate surface area is 128 Å². The molecule has 22 heavy (non-hydrogen) atoms. The molecule has 1 aromatic heterocycles. The van der Waals surface area contributed by atoms with Crippen molar-refractivity contribution >= 4 is 28.1 Å². The first-order valence-electron chi connectivity index (χ1n) is 6.97. The Balaban J connectivity index is 2.22. The fourth-order valence-electron chi connectivity index (χ4n) is 2.35. The summed E-state index contributed by atoms with van der Waals surface area (Å²) < 4.78 is 0. The van der Waals surface area contributed by atoms with Gasteiger partial charge >= 0.3 is 0 Å². The predicted molar refractivity (Wildman–Crippen MR) is 85.0 cm³/mol. The van der Waals surface area contributed by atoms with Crippen molar-refractivity contribution in [1.82, 2.24) is 10.3 Å². The number of nitrogens with zero attached hydrogens (tertiary/aromatic N) is 3. The van der Waals surface area contributed by atoms with Crippen LogP contribution in [-0.4, -0.2) is 36.0 Å². The second kappa shape index (κ2) is 6.84. The summed E-state index contributed by atoms with van der Waals surface area (Å²) in [5.41, 5.74) is 0.962. The number of amides is 1. The van der Waals surface area contributed by atoms with Crippen molar-refractivity contribution in [2.75, 3.05) is 25.0 Å². The molecule has 0 bridgehead atoms. The lowest BCUT2D eigenvalue weighted by atomic mass is 10.1. The van der Waals surface area contributed by atoms with Gasteiger partial charge in [-0.15, -0.1) is 0 Å². The molecule has 116 valence electrons. The number of hydrogen-bond donors (Lipinski definition) is 1. The normalized spacial score (nSPS) is 10.5. The van der Waals surface area contributed by atoms with E-state index in [-0.39, 0.29) is 11.6 Å². The fourth-order valence-corrected chi connectivity index (χ4v) is 2.35. The van der Waals surface area contributed by atoms with Crippen molar-refractivity contribution in [2.24, 2.45) is 0 Å². The molecule has 0 aliphatic rings. The van der Waals surface area contributed by atoms with Crippen LogP contribution in [0.15, 0.2) is 30.6 Å². The first-order valence-corrected chi connectivity index (χ1v) is 6.97. The molecule has 0 saturated heterocycles. The number of nitrogens with one attached hydrogen (secondary N) is 1. The Kier molecular flexibility index (Phi) is 4.88. The molecular weight excluding hydrogens is 284 g/mol. The van der Waals surface area contributed by atoms with Crippen LogP contribution in [-0.2, 0) is 4.79 Å². The highest BCUT2D eigenvalue weighted by Gasteiger charge is 2.15. The van der Waals surface area contributed by atoms with E-state index in [0.29, 0.717) is 11.9 Å². The number of non-ortho nitro benzene ring substituents is 1. The molecule has 7 heteroatoms. The minimum Gasteiger partial charge on any atom is -0.374 e. The third kappa shape index (κ3) is 3.49. The number of rotatable bonds is 6. The number of nitro groups is 1. The van der Waals surface area contributed by atoms with Crippen LogP contribution in [0.3, 0.4) is 0 Å². The van der Waals surface area contributed by atoms with Gasteiger partial charge in [-0.3, -0.25) is 19.9 Å². The highest BCUT2D eigenvalue weighted by Crippen LogP contribution is 2.32. The van der Waals surface area contributed by atoms with Gasteiger partial charge in [0.1, 0.15) is 0 Å². The molecule has 2 rings (SSSR count). The van der Waals surface area contributed by atoms with Crippen LogP contribution < -0.4 is 10.2 Å². The number of carbonyl (C=O) groups excluding carboxylic acids is 1. The summed E-state index contributed by atoms with van der Waals surface area (Å²) in [5.74, 6) is -0.0467. The Morgan fingerprint density at radius 3 is 2.82 bits per heavy atom. The van der Waals surface area contributed by atoms with Gasteiger partial charge in [0, 0.05) is 56.6 Å². The van der Waals surface area contributed by atoms with Crippen molar-refractivity contribution in [1.29, 1.82) is 0 Å². The lowest BCUT2D eigenvalue weighted by molar-refractivity contribution is -0.383. The van der Waals surface area contributed by atoms with Crippen LogP contribution in [0.25, 0.3) is 10.8 Å². The van der Waals surface area contributed by atoms with E-state index >= 15 is 0 Å². The second-order valence-corrected chi connectivity index (χ2v) is 5.04. The van der Waals surface area contributed by atoms with E-state index in [9.17, 15) is 14.9 Å². The number of anilines is 1. The molecule has 0 unspecified atom stereocenters. The van der Waals surface area contributed by atoms with E-state index in [4.69, 9.17) is 0 Å². The first kappa shape index (κ1) is 15.7. The molecule has 0 fully saturated rings. The molecule has 1 heterocycles. The van der Waals surface area contributed by atoms with E-state index in [2.05, 4.69) is 10.3 Å². The zero-order valence-corrected chi connectivity index (χ0v) is 12.6. The topological polar surface area (TPSA) is 88.4 Å². The van der Waals surface area contributed by atoms with Gasteiger partial charge in [-0.2, -0.15) is 0 Å². The zero-order chi connectivity index (χ0) is 16.1. The van der Waals surface area contributed by atoms with Crippen molar-refractivity contribution in [3.8, 4) is 0 Å². The van der Waals surface area contributed by atoms with Crippen LogP contribution >= 0.6 is 0 Å². The van der Waals surface area contributed by atoms with E-state index in [1.807, 2.05) is 11.9 Å². The first-order chi connectivity index (χ1) is 10.5. The minimum absolute atomic E-state index is 0.0467. The molecule has 0 radical (unpaired) electrons. The highest BCUT2D eigenvalue weighted by molar-refractivity contribution is 5.99. The summed E-state index contributed by atoms with van der Waals surface area (Å²) in [5, 5.41) is 15.2. The van der Waals surface area contributed by atoms with Gasteiger partial charge in [0.05, 0.1) is 10.3 Å². The number of carbonyl (C=O) groups is 1. The molecule has 2 aromatic rings. The maximum atomic E-state index is 11.1. The lowest BCUT2D eigenvalue weighted by Gasteiger charge is -2.21. The molecule has 0 aliphatic carbocycles. The molecule has 0 saturated carbocycles. The predicted octanol–water partition coefficient (Wildman–Crippen LogP) is 2.11. The van der Waals surface area contributed by atoms with Crippen LogP contribution in [0.4, 0.5) is 11.4 Å². The minimum atomic E-state index is -0.398. The third-order valence-electron chi connectivity index (χ3n) is 3.42. The highest BCUT2D eigenvalue weighted by atomic mass is 16.6. The van der Waals surface area contributed by atoms with Gasteiger partial charge in [0.25, 0.3) is 5.69 Å². The van der Waals surface area contributed by atoms with Crippen molar-refractivity contribution in [3.05, 3.63) is 40.7 Å². The van der Waals surface area contributed by atoms with E-state index in [0.717, 1.165) is 24.0 Å². The fraction of sp³-hybridized carbons (Fsp3) is 0.333. The average Bonchev–Trinajstić information content (AvgIpc) is 2.49. The summed E-state index contributed by atoms with van der Waals surface area (Å²) in [6, 6.07) is 5.03. The van der Waals surface area contributed by atoms with Gasteiger partial charge < -0.3 is 10.2 Å². The van der Waals surface area contributed by atoms with Crippen LogP contribution in [0, 0.1) is 10.1 Å². The average molecular weight is 302 g/mol. The molecule has 0 aliphatic heterocycles. The van der Waals surface area contributed by atoms with Crippen LogP contribution in [0.1, 0.15) is 13.3 Å². The number of aromatic nitrogens is 1. The van der Waals surface area contributed by atoms with Crippen LogP contribution in [0.2, 0.25) is 0 Å². The number of fused-ring (bicyclic) bond motifs is 1.